The van der Waals surface area contributed by atoms with Crippen molar-refractivity contribution in [2.45, 2.75) is 43.6 Å². The Balaban J connectivity index is 1.94. The van der Waals surface area contributed by atoms with Crippen LogP contribution in [0.2, 0.25) is 0 Å². The van der Waals surface area contributed by atoms with E-state index in [1.807, 2.05) is 6.07 Å². The van der Waals surface area contributed by atoms with Crippen LogP contribution in [-0.4, -0.2) is 35.6 Å². The van der Waals surface area contributed by atoms with E-state index in [1.54, 1.807) is 7.11 Å². The number of fused-ring (bicyclic) bond motifs is 3. The number of ether oxygens (including phenoxy) is 1. The van der Waals surface area contributed by atoms with Crippen molar-refractivity contribution < 1.29 is 14.9 Å². The second-order valence-electron chi connectivity index (χ2n) is 5.21. The number of nitrogens with one attached hydrogen (secondary N) is 1. The third-order valence-electron chi connectivity index (χ3n) is 4.25. The molecular weight excluding hydrogens is 230 g/mol. The summed E-state index contributed by atoms with van der Waals surface area (Å²) in [5, 5.41) is 23.1. The van der Waals surface area contributed by atoms with Gasteiger partial charge in [0.05, 0.1) is 19.3 Å². The molecule has 1 aromatic rings. The standard InChI is InChI=1S/C14H19NO3/c1-18-9-2-3-10-8(6-9)7-15-13-11(10)4-5-12(16)14(13)17/h2-3,6,11-17H,4-5,7H2,1H3/t11-,12+,13+,14+/m0/s1. The molecule has 3 rings (SSSR count). The molecule has 0 bridgehead atoms. The molecule has 98 valence electrons. The average molecular weight is 249 g/mol. The molecule has 0 unspecified atom stereocenters. The minimum absolute atomic E-state index is 0.0327. The molecule has 0 radical (unpaired) electrons. The fraction of sp³-hybridized carbons (Fsp3) is 0.571. The molecule has 4 heteroatoms. The van der Waals surface area contributed by atoms with Crippen LogP contribution in [0.3, 0.4) is 0 Å². The Morgan fingerprint density at radius 1 is 1.28 bits per heavy atom. The summed E-state index contributed by atoms with van der Waals surface area (Å²) in [6.07, 6.45) is 0.308. The first kappa shape index (κ1) is 12.0. The zero-order chi connectivity index (χ0) is 12.7. The van der Waals surface area contributed by atoms with Gasteiger partial charge in [0.2, 0.25) is 0 Å². The maximum absolute atomic E-state index is 10.1. The highest BCUT2D eigenvalue weighted by atomic mass is 16.5. The van der Waals surface area contributed by atoms with E-state index in [-0.39, 0.29) is 12.0 Å². The molecule has 1 aliphatic carbocycles. The quantitative estimate of drug-likeness (QED) is 0.688. The van der Waals surface area contributed by atoms with Gasteiger partial charge < -0.3 is 20.3 Å². The molecule has 1 saturated carbocycles. The third-order valence-corrected chi connectivity index (χ3v) is 4.25. The Hall–Kier alpha value is -1.10. The molecule has 2 aliphatic rings. The number of benzene rings is 1. The summed E-state index contributed by atoms with van der Waals surface area (Å²) in [4.78, 5) is 0. The van der Waals surface area contributed by atoms with Gasteiger partial charge in [-0.15, -0.1) is 0 Å². The molecule has 1 heterocycles. The number of aliphatic hydroxyl groups excluding tert-OH is 2. The number of hydrogen-bond donors (Lipinski definition) is 3. The first-order chi connectivity index (χ1) is 8.70. The maximum atomic E-state index is 10.1. The van der Waals surface area contributed by atoms with Gasteiger partial charge in [-0.25, -0.2) is 0 Å². The number of hydrogen-bond acceptors (Lipinski definition) is 4. The van der Waals surface area contributed by atoms with Gasteiger partial charge in [-0.1, -0.05) is 6.07 Å². The number of aliphatic hydroxyl groups is 2. The van der Waals surface area contributed by atoms with Crippen molar-refractivity contribution in [3.05, 3.63) is 29.3 Å². The molecule has 3 N–H and O–H groups in total. The molecule has 4 nitrogen and oxygen atoms in total. The summed E-state index contributed by atoms with van der Waals surface area (Å²) >= 11 is 0. The Bertz CT molecular complexity index is 449. The van der Waals surface area contributed by atoms with Gasteiger partial charge in [0, 0.05) is 18.5 Å². The van der Waals surface area contributed by atoms with Crippen molar-refractivity contribution in [1.29, 1.82) is 0 Å². The molecule has 18 heavy (non-hydrogen) atoms. The fourth-order valence-corrected chi connectivity index (χ4v) is 3.24. The van der Waals surface area contributed by atoms with Crippen LogP contribution < -0.4 is 10.1 Å². The summed E-state index contributed by atoms with van der Waals surface area (Å²) in [5.74, 6) is 1.16. The minimum atomic E-state index is -0.668. The summed E-state index contributed by atoms with van der Waals surface area (Å²) < 4.78 is 5.24. The Morgan fingerprint density at radius 2 is 2.11 bits per heavy atom. The van der Waals surface area contributed by atoms with Gasteiger partial charge in [0.25, 0.3) is 0 Å². The number of rotatable bonds is 1. The van der Waals surface area contributed by atoms with Crippen molar-refractivity contribution >= 4 is 0 Å². The van der Waals surface area contributed by atoms with Crippen LogP contribution >= 0.6 is 0 Å². The predicted octanol–water partition coefficient (Wildman–Crippen LogP) is 0.766. The lowest BCUT2D eigenvalue weighted by Gasteiger charge is -2.43. The zero-order valence-corrected chi connectivity index (χ0v) is 10.5. The van der Waals surface area contributed by atoms with E-state index in [0.717, 1.165) is 18.7 Å². The van der Waals surface area contributed by atoms with Crippen molar-refractivity contribution in [2.75, 3.05) is 7.11 Å². The van der Waals surface area contributed by atoms with E-state index in [9.17, 15) is 10.2 Å². The molecule has 0 amide bonds. The van der Waals surface area contributed by atoms with E-state index < -0.39 is 12.2 Å². The minimum Gasteiger partial charge on any atom is -0.497 e. The van der Waals surface area contributed by atoms with E-state index in [1.165, 1.54) is 11.1 Å². The van der Waals surface area contributed by atoms with Crippen LogP contribution in [-0.2, 0) is 6.54 Å². The Morgan fingerprint density at radius 3 is 2.89 bits per heavy atom. The molecule has 1 fully saturated rings. The van der Waals surface area contributed by atoms with Crippen molar-refractivity contribution in [1.82, 2.24) is 5.32 Å². The van der Waals surface area contributed by atoms with E-state index in [0.29, 0.717) is 6.42 Å². The summed E-state index contributed by atoms with van der Waals surface area (Å²) in [6.45, 7) is 0.720. The largest absolute Gasteiger partial charge is 0.497 e. The lowest BCUT2D eigenvalue weighted by molar-refractivity contribution is -0.0395. The second kappa shape index (κ2) is 4.53. The molecule has 1 aliphatic heterocycles. The highest BCUT2D eigenvalue weighted by molar-refractivity contribution is 5.40. The van der Waals surface area contributed by atoms with E-state index in [4.69, 9.17) is 4.74 Å². The van der Waals surface area contributed by atoms with Crippen LogP contribution in [0.5, 0.6) is 5.75 Å². The molecule has 0 aromatic heterocycles. The lowest BCUT2D eigenvalue weighted by atomic mass is 9.73. The highest BCUT2D eigenvalue weighted by Gasteiger charge is 2.40. The van der Waals surface area contributed by atoms with Crippen LogP contribution in [0.15, 0.2) is 18.2 Å². The summed E-state index contributed by atoms with van der Waals surface area (Å²) in [7, 11) is 1.67. The fourth-order valence-electron chi connectivity index (χ4n) is 3.24. The monoisotopic (exact) mass is 249 g/mol. The van der Waals surface area contributed by atoms with Crippen molar-refractivity contribution in [2.24, 2.45) is 0 Å². The van der Waals surface area contributed by atoms with Gasteiger partial charge in [-0.2, -0.15) is 0 Å². The van der Waals surface area contributed by atoms with Gasteiger partial charge >= 0.3 is 0 Å². The highest BCUT2D eigenvalue weighted by Crippen LogP contribution is 2.39. The average Bonchev–Trinajstić information content (AvgIpc) is 2.41. The summed E-state index contributed by atoms with van der Waals surface area (Å²) in [5.41, 5.74) is 2.52. The lowest BCUT2D eigenvalue weighted by Crippen LogP contribution is -2.54. The SMILES string of the molecule is COc1ccc2c(c1)CN[C@H]1[C@H](O)[C@H](O)CC[C@@H]21. The Labute approximate surface area is 107 Å². The van der Waals surface area contributed by atoms with E-state index in [2.05, 4.69) is 17.4 Å². The van der Waals surface area contributed by atoms with E-state index >= 15 is 0 Å². The third kappa shape index (κ3) is 1.81. The van der Waals surface area contributed by atoms with Gasteiger partial charge in [-0.05, 0) is 36.1 Å². The normalized spacial score (nSPS) is 34.6. The predicted molar refractivity (Wildman–Crippen MR) is 67.6 cm³/mol. The zero-order valence-electron chi connectivity index (χ0n) is 10.5. The van der Waals surface area contributed by atoms with Crippen LogP contribution in [0.4, 0.5) is 0 Å². The molecular formula is C14H19NO3. The number of methoxy groups -OCH3 is 1. The molecule has 1 aromatic carbocycles. The Kier molecular flexibility index (Phi) is 3.01. The molecule has 0 spiro atoms. The van der Waals surface area contributed by atoms with Crippen LogP contribution in [0.25, 0.3) is 0 Å². The second-order valence-corrected chi connectivity index (χ2v) is 5.21. The topological polar surface area (TPSA) is 61.7 Å². The summed E-state index contributed by atoms with van der Waals surface area (Å²) in [6, 6.07) is 6.08. The van der Waals surface area contributed by atoms with Gasteiger partial charge in [0.1, 0.15) is 5.75 Å². The van der Waals surface area contributed by atoms with Gasteiger partial charge in [-0.3, -0.25) is 0 Å². The maximum Gasteiger partial charge on any atom is 0.119 e. The van der Waals surface area contributed by atoms with Crippen LogP contribution in [0, 0.1) is 0 Å². The first-order valence-electron chi connectivity index (χ1n) is 6.47. The smallest absolute Gasteiger partial charge is 0.119 e. The van der Waals surface area contributed by atoms with Gasteiger partial charge in [0.15, 0.2) is 0 Å². The molecule has 0 saturated heterocycles. The molecule has 4 atom stereocenters. The first-order valence-corrected chi connectivity index (χ1v) is 6.47. The van der Waals surface area contributed by atoms with Crippen molar-refractivity contribution in [3.8, 4) is 5.75 Å². The van der Waals surface area contributed by atoms with Crippen LogP contribution in [0.1, 0.15) is 29.9 Å². The van der Waals surface area contributed by atoms with Crippen molar-refractivity contribution in [3.63, 3.8) is 0 Å².